The van der Waals surface area contributed by atoms with Crippen LogP contribution in [-0.4, -0.2) is 101 Å². The van der Waals surface area contributed by atoms with E-state index in [4.69, 9.17) is 18.9 Å². The van der Waals surface area contributed by atoms with Gasteiger partial charge >= 0.3 is 0 Å². The maximum atomic E-state index is 11.7. The largest absolute Gasteiger partial charge is 0.508 e. The molecule has 6 atom stereocenters. The van der Waals surface area contributed by atoms with Gasteiger partial charge in [-0.05, 0) is 152 Å². The molecular formula is C59H74N4O9. The molecule has 2 bridgehead atoms. The average molecular weight is 983 g/mol. The van der Waals surface area contributed by atoms with Crippen molar-refractivity contribution in [3.63, 3.8) is 0 Å². The number of rotatable bonds is 17. The zero-order chi connectivity index (χ0) is 50.0. The predicted molar refractivity (Wildman–Crippen MR) is 277 cm³/mol. The summed E-state index contributed by atoms with van der Waals surface area (Å²) in [5.41, 5.74) is 6.43. The molecule has 4 heterocycles. The molecule has 1 saturated carbocycles. The van der Waals surface area contributed by atoms with Crippen LogP contribution in [0.15, 0.2) is 53.5 Å². The number of aryl methyl sites for hydroxylation is 1. The molecule has 72 heavy (non-hydrogen) atoms. The van der Waals surface area contributed by atoms with Gasteiger partial charge in [0.1, 0.15) is 35.0 Å². The number of ether oxygens (including phenoxy) is 4. The van der Waals surface area contributed by atoms with Crippen molar-refractivity contribution in [1.29, 1.82) is 0 Å². The van der Waals surface area contributed by atoms with Crippen LogP contribution in [0.1, 0.15) is 130 Å². The van der Waals surface area contributed by atoms with E-state index in [0.717, 1.165) is 81.0 Å². The average Bonchev–Trinajstić information content (AvgIpc) is 3.84. The minimum Gasteiger partial charge on any atom is -0.508 e. The fraction of sp³-hybridized carbons (Fsp3) is 0.542. The molecule has 8 N–H and O–H groups in total. The van der Waals surface area contributed by atoms with Gasteiger partial charge in [-0.1, -0.05) is 63.2 Å². The molecule has 2 aliphatic carbocycles. The van der Waals surface area contributed by atoms with Crippen molar-refractivity contribution in [3.8, 4) is 51.7 Å². The topological polar surface area (TPSA) is 187 Å². The summed E-state index contributed by atoms with van der Waals surface area (Å²) < 4.78 is 28.6. The van der Waals surface area contributed by atoms with Crippen molar-refractivity contribution >= 4 is 6.08 Å². The maximum Gasteiger partial charge on any atom is 0.161 e. The van der Waals surface area contributed by atoms with Crippen molar-refractivity contribution in [2.75, 3.05) is 46.3 Å². The summed E-state index contributed by atoms with van der Waals surface area (Å²) in [6, 6.07) is 15.7. The molecule has 10 rings (SSSR count). The molecule has 0 amide bonds. The Hall–Kier alpha value is -5.17. The van der Waals surface area contributed by atoms with E-state index in [1.807, 2.05) is 31.2 Å². The highest BCUT2D eigenvalue weighted by Gasteiger charge is 2.55. The van der Waals surface area contributed by atoms with Gasteiger partial charge in [0.25, 0.3) is 0 Å². The Morgan fingerprint density at radius 2 is 1.82 bits per heavy atom. The maximum absolute atomic E-state index is 11.7. The van der Waals surface area contributed by atoms with E-state index in [1.165, 1.54) is 12.0 Å². The molecule has 0 unspecified atom stereocenters. The van der Waals surface area contributed by atoms with E-state index in [0.29, 0.717) is 107 Å². The lowest BCUT2D eigenvalue weighted by Gasteiger charge is -2.50. The van der Waals surface area contributed by atoms with Crippen LogP contribution in [0.2, 0.25) is 0 Å². The number of aliphatic hydroxyl groups excluding tert-OH is 2. The Morgan fingerprint density at radius 1 is 0.958 bits per heavy atom. The Bertz CT molecular complexity index is 2810. The predicted octanol–water partition coefficient (Wildman–Crippen LogP) is 6.07. The quantitative estimate of drug-likeness (QED) is 0.0348. The van der Waals surface area contributed by atoms with Gasteiger partial charge in [-0.25, -0.2) is 0 Å². The first-order valence-corrected chi connectivity index (χ1v) is 26.7. The van der Waals surface area contributed by atoms with E-state index in [1.54, 1.807) is 6.07 Å². The van der Waals surface area contributed by atoms with Crippen LogP contribution < -0.4 is 40.7 Å². The van der Waals surface area contributed by atoms with E-state index < -0.39 is 29.5 Å². The molecule has 0 saturated heterocycles. The van der Waals surface area contributed by atoms with Gasteiger partial charge in [0.15, 0.2) is 17.6 Å². The summed E-state index contributed by atoms with van der Waals surface area (Å²) in [7, 11) is 0. The highest BCUT2D eigenvalue weighted by Crippen LogP contribution is 2.58. The van der Waals surface area contributed by atoms with Crippen LogP contribution in [-0.2, 0) is 36.8 Å². The fourth-order valence-electron chi connectivity index (χ4n) is 12.5. The molecule has 1 fully saturated rings. The van der Waals surface area contributed by atoms with Crippen LogP contribution in [0, 0.1) is 17.8 Å². The van der Waals surface area contributed by atoms with Crippen LogP contribution >= 0.6 is 0 Å². The SMILES string of the molecule is CC(C)C[C@@](C)(O)CNCN[C@@H]1C#CCCOc2cc(cc(CCCO)c2O)[C@H]2Oc3c(c4c(c5c3CC[C@@H](CO)O5)-c3ccc(O)cc3[C@@H](Cc3ccc5c(c3)=CCN=5)C4)C[C@@]21OCNC1CCCCC1. The second-order valence-electron chi connectivity index (χ2n) is 21.8. The zero-order valence-electron chi connectivity index (χ0n) is 42.3. The van der Waals surface area contributed by atoms with E-state index in [2.05, 4.69) is 70.9 Å². The van der Waals surface area contributed by atoms with Crippen LogP contribution in [0.25, 0.3) is 17.2 Å². The Morgan fingerprint density at radius 3 is 2.64 bits per heavy atom. The van der Waals surface area contributed by atoms with Gasteiger partial charge in [0, 0.05) is 55.4 Å². The minimum absolute atomic E-state index is 0.0343. The number of aromatic hydroxyl groups is 2. The van der Waals surface area contributed by atoms with Crippen molar-refractivity contribution in [3.05, 3.63) is 98.1 Å². The fourth-order valence-corrected chi connectivity index (χ4v) is 12.5. The smallest absolute Gasteiger partial charge is 0.161 e. The molecular weight excluding hydrogens is 909 g/mol. The van der Waals surface area contributed by atoms with E-state index in [-0.39, 0.29) is 44.0 Å². The normalized spacial score (nSPS) is 23.8. The lowest BCUT2D eigenvalue weighted by atomic mass is 9.69. The van der Waals surface area contributed by atoms with Gasteiger partial charge in [0.2, 0.25) is 0 Å². The molecule has 0 radical (unpaired) electrons. The molecule has 6 aliphatic rings. The number of phenols is 2. The van der Waals surface area contributed by atoms with E-state index in [9.17, 15) is 25.5 Å². The zero-order valence-corrected chi connectivity index (χ0v) is 42.3. The molecule has 4 aromatic carbocycles. The number of benzene rings is 4. The number of nitrogens with one attached hydrogen (secondary N) is 3. The van der Waals surface area contributed by atoms with Crippen LogP contribution in [0.3, 0.4) is 0 Å². The Kier molecular flexibility index (Phi) is 15.2. The van der Waals surface area contributed by atoms with E-state index >= 15 is 0 Å². The molecule has 0 spiro atoms. The standard InChI is InChI=1S/C59H74N4O9/c1-36(2)30-58(3,68)33-60-34-62-52-13-7-8-23-69-51-28-41(26-39(54(51)67)10-9-22-64)57-59(52,70-35-63-42-11-5-4-6-12-42)31-49-48-27-40(25-37-14-19-50-38(24-37)20-21-61-50)47-29-43(66)15-17-45(47)53(48)56-46(55(49)72-57)18-16-44(32-65)71-56/h14-15,17,19-20,24,26,28-29,36,40,42,44,52,57,60,62-68H,4-6,8-12,16,18,21-23,25,27,30-35H2,1-3H3/t40-,44-,52+,57+,58+,59-/m0/s1. The number of aliphatic hydroxyl groups is 3. The first kappa shape index (κ1) is 50.4. The summed E-state index contributed by atoms with van der Waals surface area (Å²) in [6.07, 6.45) is 11.4. The second-order valence-corrected chi connectivity index (χ2v) is 21.8. The highest BCUT2D eigenvalue weighted by atomic mass is 16.6. The van der Waals surface area contributed by atoms with Gasteiger partial charge < -0.3 is 49.8 Å². The molecule has 13 nitrogen and oxygen atoms in total. The third-order valence-corrected chi connectivity index (χ3v) is 15.8. The van der Waals surface area contributed by atoms with Crippen molar-refractivity contribution in [1.82, 2.24) is 16.0 Å². The Labute approximate surface area is 424 Å². The third kappa shape index (κ3) is 10.5. The molecule has 0 aromatic heterocycles. The summed E-state index contributed by atoms with van der Waals surface area (Å²) >= 11 is 0. The summed E-state index contributed by atoms with van der Waals surface area (Å²) in [6.45, 7) is 7.76. The third-order valence-electron chi connectivity index (χ3n) is 15.8. The number of hydrogen-bond donors (Lipinski definition) is 8. The molecule has 4 aromatic rings. The summed E-state index contributed by atoms with van der Waals surface area (Å²) in [4.78, 5) is 4.65. The van der Waals surface area contributed by atoms with Crippen molar-refractivity contribution in [2.45, 2.75) is 152 Å². The second kappa shape index (κ2) is 21.7. The number of hydrogen-bond acceptors (Lipinski definition) is 13. The van der Waals surface area contributed by atoms with Gasteiger partial charge in [-0.3, -0.25) is 15.6 Å². The summed E-state index contributed by atoms with van der Waals surface area (Å²) in [5, 5.41) is 68.2. The van der Waals surface area contributed by atoms with Gasteiger partial charge in [-0.15, -0.1) is 0 Å². The summed E-state index contributed by atoms with van der Waals surface area (Å²) in [5.74, 6) is 9.38. The first-order valence-electron chi connectivity index (χ1n) is 26.7. The van der Waals surface area contributed by atoms with Crippen molar-refractivity contribution in [2.24, 2.45) is 10.9 Å². The van der Waals surface area contributed by atoms with Gasteiger partial charge in [-0.2, -0.15) is 0 Å². The highest BCUT2D eigenvalue weighted by molar-refractivity contribution is 5.85. The monoisotopic (exact) mass is 983 g/mol. The number of phenolic OH excluding ortho intramolecular Hbond substituents is 2. The van der Waals surface area contributed by atoms with Crippen LogP contribution in [0.4, 0.5) is 0 Å². The number of fused-ring (bicyclic) bond motifs is 13. The Balaban J connectivity index is 1.17. The minimum atomic E-state index is -1.22. The molecule has 13 heteroatoms. The van der Waals surface area contributed by atoms with Crippen LogP contribution in [0.5, 0.6) is 28.7 Å². The van der Waals surface area contributed by atoms with Crippen molar-refractivity contribution < 1.29 is 44.5 Å². The molecule has 384 valence electrons. The van der Waals surface area contributed by atoms with Gasteiger partial charge in [0.05, 0.1) is 37.4 Å². The molecule has 4 aliphatic heterocycles. The first-order chi connectivity index (χ1) is 34.9. The lowest BCUT2D eigenvalue weighted by Crippen LogP contribution is -2.62. The number of nitrogens with zero attached hydrogens (tertiary/aromatic N) is 1. The lowest BCUT2D eigenvalue weighted by molar-refractivity contribution is -0.144.